The third-order valence-electron chi connectivity index (χ3n) is 1.93. The van der Waals surface area contributed by atoms with Gasteiger partial charge in [0.05, 0.1) is 18.5 Å². The summed E-state index contributed by atoms with van der Waals surface area (Å²) in [6.45, 7) is 1.06. The highest BCUT2D eigenvalue weighted by molar-refractivity contribution is 7.46. The van der Waals surface area contributed by atoms with E-state index in [2.05, 4.69) is 14.7 Å². The van der Waals surface area contributed by atoms with E-state index in [0.717, 1.165) is 6.21 Å². The highest BCUT2D eigenvalue weighted by atomic mass is 31.2. The summed E-state index contributed by atoms with van der Waals surface area (Å²) in [5.74, 6) is -0.241. The minimum Gasteiger partial charge on any atom is -0.505 e. The van der Waals surface area contributed by atoms with Gasteiger partial charge in [-0.15, -0.1) is 0 Å². The first kappa shape index (κ1) is 13.6. The van der Waals surface area contributed by atoms with E-state index in [4.69, 9.17) is 15.0 Å². The molecule has 0 radical (unpaired) electrons. The van der Waals surface area contributed by atoms with Crippen LogP contribution in [0.5, 0.6) is 5.75 Å². The molecule has 94 valence electrons. The molecule has 0 saturated heterocycles. The first-order valence-electron chi connectivity index (χ1n) is 4.40. The molecule has 0 spiro atoms. The maximum atomic E-state index is 10.5. The molecule has 0 fully saturated rings. The number of oxime groups is 1. The van der Waals surface area contributed by atoms with Crippen LogP contribution in [0.3, 0.4) is 0 Å². The molecule has 4 N–H and O–H groups in total. The van der Waals surface area contributed by atoms with Gasteiger partial charge in [0.2, 0.25) is 0 Å². The molecule has 0 atom stereocenters. The summed E-state index contributed by atoms with van der Waals surface area (Å²) in [5.41, 5.74) is 0.572. The highest BCUT2D eigenvalue weighted by Gasteiger charge is 2.17. The lowest BCUT2D eigenvalue weighted by molar-refractivity contribution is 0.188. The van der Waals surface area contributed by atoms with Crippen LogP contribution in [0.4, 0.5) is 0 Å². The van der Waals surface area contributed by atoms with Crippen LogP contribution in [-0.2, 0) is 15.7 Å². The predicted molar refractivity (Wildman–Crippen MR) is 56.9 cm³/mol. The molecule has 0 aliphatic carbocycles. The molecule has 9 heteroatoms. The molecule has 0 aliphatic rings. The minimum atomic E-state index is -4.61. The quantitative estimate of drug-likeness (QED) is 0.269. The third kappa shape index (κ3) is 3.79. The van der Waals surface area contributed by atoms with Crippen LogP contribution < -0.4 is 0 Å². The van der Waals surface area contributed by atoms with Crippen molar-refractivity contribution in [2.75, 3.05) is 0 Å². The molecule has 1 aromatic heterocycles. The molecular weight excluding hydrogens is 251 g/mol. The van der Waals surface area contributed by atoms with Gasteiger partial charge >= 0.3 is 7.82 Å². The fourth-order valence-corrected chi connectivity index (χ4v) is 1.43. The number of hydrogen-bond donors (Lipinski definition) is 4. The van der Waals surface area contributed by atoms with Gasteiger partial charge in [-0.2, -0.15) is 0 Å². The van der Waals surface area contributed by atoms with Crippen molar-refractivity contribution in [2.45, 2.75) is 13.5 Å². The van der Waals surface area contributed by atoms with Gasteiger partial charge in [0.15, 0.2) is 0 Å². The Kier molecular flexibility index (Phi) is 4.19. The Balaban J connectivity index is 3.07. The predicted octanol–water partition coefficient (Wildman–Crippen LogP) is 0.513. The second-order valence-electron chi connectivity index (χ2n) is 3.14. The van der Waals surface area contributed by atoms with E-state index in [1.165, 1.54) is 13.1 Å². The molecule has 0 aromatic carbocycles. The number of aromatic nitrogens is 1. The molecule has 1 aromatic rings. The molecule has 1 heterocycles. The summed E-state index contributed by atoms with van der Waals surface area (Å²) in [4.78, 5) is 20.9. The number of nitrogens with zero attached hydrogens (tertiary/aromatic N) is 2. The van der Waals surface area contributed by atoms with Crippen LogP contribution >= 0.6 is 7.82 Å². The van der Waals surface area contributed by atoms with Crippen LogP contribution in [0.2, 0.25) is 0 Å². The number of aryl methyl sites for hydroxylation is 1. The normalized spacial score (nSPS) is 12.2. The zero-order valence-corrected chi connectivity index (χ0v) is 9.70. The fraction of sp³-hybridized carbons (Fsp3) is 0.250. The van der Waals surface area contributed by atoms with Gasteiger partial charge in [-0.05, 0) is 6.92 Å². The van der Waals surface area contributed by atoms with Crippen molar-refractivity contribution >= 4 is 14.0 Å². The van der Waals surface area contributed by atoms with E-state index in [1.807, 2.05) is 0 Å². The lowest BCUT2D eigenvalue weighted by atomic mass is 10.1. The highest BCUT2D eigenvalue weighted by Crippen LogP contribution is 2.37. The number of pyridine rings is 1. The molecule has 0 bridgehead atoms. The molecule has 0 amide bonds. The standard InChI is InChI=1S/C8H11N2O6P/c1-5-8(11)7(3-10-12)6(2-9-5)4-16-17(13,14)15/h2-3,11-12H,4H2,1H3,(H2,13,14,15)/b10-3-. The first-order valence-corrected chi connectivity index (χ1v) is 5.93. The van der Waals surface area contributed by atoms with Gasteiger partial charge in [0.25, 0.3) is 0 Å². The first-order chi connectivity index (χ1) is 7.85. The van der Waals surface area contributed by atoms with Gasteiger partial charge in [-0.1, -0.05) is 5.16 Å². The summed E-state index contributed by atoms with van der Waals surface area (Å²) in [6.07, 6.45) is 2.20. The molecule has 8 nitrogen and oxygen atoms in total. The summed E-state index contributed by atoms with van der Waals surface area (Å²) in [5, 5.41) is 20.8. The molecule has 0 aliphatic heterocycles. The zero-order valence-electron chi connectivity index (χ0n) is 8.81. The average molecular weight is 262 g/mol. The monoisotopic (exact) mass is 262 g/mol. The van der Waals surface area contributed by atoms with E-state index in [-0.39, 0.29) is 16.9 Å². The molecule has 0 unspecified atom stereocenters. The minimum absolute atomic E-state index is 0.0912. The Morgan fingerprint density at radius 1 is 1.59 bits per heavy atom. The topological polar surface area (TPSA) is 132 Å². The smallest absolute Gasteiger partial charge is 0.469 e. The number of phosphoric acid groups is 1. The van der Waals surface area contributed by atoms with Crippen LogP contribution in [-0.4, -0.2) is 31.3 Å². The summed E-state index contributed by atoms with van der Waals surface area (Å²) < 4.78 is 14.8. The Morgan fingerprint density at radius 2 is 2.24 bits per heavy atom. The second-order valence-corrected chi connectivity index (χ2v) is 4.38. The van der Waals surface area contributed by atoms with Crippen LogP contribution in [0.25, 0.3) is 0 Å². The average Bonchev–Trinajstić information content (AvgIpc) is 2.23. The number of aromatic hydroxyl groups is 1. The third-order valence-corrected chi connectivity index (χ3v) is 2.40. The van der Waals surface area contributed by atoms with Gasteiger partial charge in [0.1, 0.15) is 5.75 Å². The molecule has 17 heavy (non-hydrogen) atoms. The van der Waals surface area contributed by atoms with Gasteiger partial charge in [0, 0.05) is 17.3 Å². The van der Waals surface area contributed by atoms with Gasteiger partial charge < -0.3 is 20.1 Å². The van der Waals surface area contributed by atoms with Gasteiger partial charge in [-0.25, -0.2) is 4.57 Å². The Bertz CT molecular complexity index is 483. The summed E-state index contributed by atoms with van der Waals surface area (Å²) in [7, 11) is -4.61. The number of hydrogen-bond acceptors (Lipinski definition) is 6. The van der Waals surface area contributed by atoms with Crippen molar-refractivity contribution in [3.05, 3.63) is 23.0 Å². The van der Waals surface area contributed by atoms with Crippen LogP contribution in [0.15, 0.2) is 11.4 Å². The molecule has 0 saturated carbocycles. The van der Waals surface area contributed by atoms with E-state index in [0.29, 0.717) is 5.69 Å². The van der Waals surface area contributed by atoms with E-state index in [1.54, 1.807) is 0 Å². The van der Waals surface area contributed by atoms with Crippen molar-refractivity contribution in [1.29, 1.82) is 0 Å². The summed E-state index contributed by atoms with van der Waals surface area (Å²) in [6, 6.07) is 0. The second kappa shape index (κ2) is 5.24. The Hall–Kier alpha value is -1.47. The largest absolute Gasteiger partial charge is 0.505 e. The van der Waals surface area contributed by atoms with Crippen molar-refractivity contribution < 1.29 is 29.2 Å². The molecular formula is C8H11N2O6P. The maximum absolute atomic E-state index is 10.5. The summed E-state index contributed by atoms with van der Waals surface area (Å²) >= 11 is 0. The Labute approximate surface area is 96.4 Å². The van der Waals surface area contributed by atoms with Gasteiger partial charge in [-0.3, -0.25) is 9.51 Å². The fourth-order valence-electron chi connectivity index (χ4n) is 1.12. The number of rotatable bonds is 4. The SMILES string of the molecule is Cc1ncc(COP(=O)(O)O)c(/C=N\O)c1O. The van der Waals surface area contributed by atoms with Crippen LogP contribution in [0.1, 0.15) is 16.8 Å². The molecule has 1 rings (SSSR count). The van der Waals surface area contributed by atoms with E-state index >= 15 is 0 Å². The van der Waals surface area contributed by atoms with E-state index in [9.17, 15) is 9.67 Å². The number of phosphoric ester groups is 1. The van der Waals surface area contributed by atoms with Crippen molar-refractivity contribution in [3.8, 4) is 5.75 Å². The van der Waals surface area contributed by atoms with Crippen molar-refractivity contribution in [3.63, 3.8) is 0 Å². The zero-order chi connectivity index (χ0) is 13.1. The van der Waals surface area contributed by atoms with Crippen LogP contribution in [0, 0.1) is 6.92 Å². The van der Waals surface area contributed by atoms with Crippen molar-refractivity contribution in [2.24, 2.45) is 5.16 Å². The lowest BCUT2D eigenvalue weighted by Gasteiger charge is -2.09. The Morgan fingerprint density at radius 3 is 2.76 bits per heavy atom. The lowest BCUT2D eigenvalue weighted by Crippen LogP contribution is -2.00. The van der Waals surface area contributed by atoms with Crippen molar-refractivity contribution in [1.82, 2.24) is 4.98 Å². The maximum Gasteiger partial charge on any atom is 0.469 e. The van der Waals surface area contributed by atoms with E-state index < -0.39 is 14.4 Å².